The van der Waals surface area contributed by atoms with Crippen LogP contribution in [-0.2, 0) is 14.8 Å². The van der Waals surface area contributed by atoms with E-state index in [1.807, 2.05) is 0 Å². The lowest BCUT2D eigenvalue weighted by atomic mass is 9.95. The maximum Gasteiger partial charge on any atom is 0.339 e. The van der Waals surface area contributed by atoms with E-state index in [4.69, 9.17) is 4.74 Å². The van der Waals surface area contributed by atoms with E-state index in [1.54, 1.807) is 6.07 Å². The van der Waals surface area contributed by atoms with Gasteiger partial charge in [-0.05, 0) is 72.2 Å². The molecule has 1 unspecified atom stereocenters. The first-order valence-electron chi connectivity index (χ1n) is 8.60. The summed E-state index contributed by atoms with van der Waals surface area (Å²) in [4.78, 5) is 12.6. The van der Waals surface area contributed by atoms with E-state index in [2.05, 4.69) is 28.1 Å². The average molecular weight is 428 g/mol. The van der Waals surface area contributed by atoms with Crippen LogP contribution in [0.25, 0.3) is 0 Å². The highest BCUT2D eigenvalue weighted by molar-refractivity contribution is 9.10. The Hall–Kier alpha value is -1.18. The summed E-state index contributed by atoms with van der Waals surface area (Å²) in [6, 6.07) is 4.55. The molecule has 2 aliphatic rings. The Bertz CT molecular complexity index is 769. The van der Waals surface area contributed by atoms with Gasteiger partial charge in [-0.15, -0.1) is 0 Å². The molecule has 1 fully saturated rings. The molecule has 0 saturated carbocycles. The highest BCUT2D eigenvalue weighted by atomic mass is 79.9. The standard InChI is InChI=1S/C18H22BrNO4S/c19-17-9-8-15(25(22,23)20-10-4-5-11-20)12-16(17)18(21)24-13-14-6-2-1-3-7-14/h1-2,8-9,12,14H,3-7,10-11,13H2. The van der Waals surface area contributed by atoms with Crippen LogP contribution in [0.5, 0.6) is 0 Å². The molecule has 1 aromatic carbocycles. The Morgan fingerprint density at radius 2 is 2.00 bits per heavy atom. The molecule has 1 aromatic rings. The molecule has 7 heteroatoms. The molecule has 0 aromatic heterocycles. The summed E-state index contributed by atoms with van der Waals surface area (Å²) in [5.41, 5.74) is 0.256. The number of rotatable bonds is 5. The number of sulfonamides is 1. The number of benzene rings is 1. The topological polar surface area (TPSA) is 63.7 Å². The predicted molar refractivity (Wildman–Crippen MR) is 98.9 cm³/mol. The second-order valence-corrected chi connectivity index (χ2v) is 9.29. The molecular formula is C18H22BrNO4S. The molecule has 0 spiro atoms. The van der Waals surface area contributed by atoms with E-state index in [0.717, 1.165) is 32.1 Å². The second-order valence-electron chi connectivity index (χ2n) is 6.50. The fourth-order valence-electron chi connectivity index (χ4n) is 3.18. The smallest absolute Gasteiger partial charge is 0.339 e. The lowest BCUT2D eigenvalue weighted by molar-refractivity contribution is 0.0431. The van der Waals surface area contributed by atoms with Gasteiger partial charge in [-0.3, -0.25) is 0 Å². The molecule has 1 heterocycles. The highest BCUT2D eigenvalue weighted by Gasteiger charge is 2.28. The first-order chi connectivity index (χ1) is 12.0. The van der Waals surface area contributed by atoms with E-state index in [9.17, 15) is 13.2 Å². The molecule has 136 valence electrons. The fourth-order valence-corrected chi connectivity index (χ4v) is 5.13. The molecule has 1 saturated heterocycles. The van der Waals surface area contributed by atoms with Crippen LogP contribution in [0.4, 0.5) is 0 Å². The Morgan fingerprint density at radius 1 is 1.24 bits per heavy atom. The number of halogens is 1. The second kappa shape index (κ2) is 8.01. The van der Waals surface area contributed by atoms with Crippen LogP contribution >= 0.6 is 15.9 Å². The summed E-state index contributed by atoms with van der Waals surface area (Å²) < 4.78 is 32.8. The van der Waals surface area contributed by atoms with Crippen molar-refractivity contribution < 1.29 is 17.9 Å². The Labute approximate surface area is 157 Å². The number of hydrogen-bond donors (Lipinski definition) is 0. The van der Waals surface area contributed by atoms with Crippen molar-refractivity contribution in [3.8, 4) is 0 Å². The van der Waals surface area contributed by atoms with Crippen LogP contribution in [0.2, 0.25) is 0 Å². The van der Waals surface area contributed by atoms with Gasteiger partial charge in [-0.25, -0.2) is 13.2 Å². The van der Waals surface area contributed by atoms with Gasteiger partial charge in [0, 0.05) is 17.6 Å². The maximum absolute atomic E-state index is 12.7. The van der Waals surface area contributed by atoms with Gasteiger partial charge in [-0.1, -0.05) is 12.2 Å². The van der Waals surface area contributed by atoms with Crippen LogP contribution in [0, 0.1) is 5.92 Å². The SMILES string of the molecule is O=C(OCC1CC=CCC1)c1cc(S(=O)(=O)N2CCCC2)ccc1Br. The minimum Gasteiger partial charge on any atom is -0.462 e. The Morgan fingerprint density at radius 3 is 2.68 bits per heavy atom. The Kier molecular flexibility index (Phi) is 5.96. The lowest BCUT2D eigenvalue weighted by Gasteiger charge is -2.18. The third-order valence-corrected chi connectivity index (χ3v) is 7.27. The summed E-state index contributed by atoms with van der Waals surface area (Å²) in [6.45, 7) is 1.43. The van der Waals surface area contributed by atoms with Gasteiger partial charge in [0.2, 0.25) is 10.0 Å². The molecule has 25 heavy (non-hydrogen) atoms. The molecule has 0 N–H and O–H groups in total. The minimum atomic E-state index is -3.55. The van der Waals surface area contributed by atoms with Crippen molar-refractivity contribution in [2.75, 3.05) is 19.7 Å². The predicted octanol–water partition coefficient (Wildman–Crippen LogP) is 3.75. The van der Waals surface area contributed by atoms with Crippen LogP contribution in [-0.4, -0.2) is 38.4 Å². The van der Waals surface area contributed by atoms with E-state index >= 15 is 0 Å². The van der Waals surface area contributed by atoms with Crippen molar-refractivity contribution in [3.05, 3.63) is 40.4 Å². The summed E-state index contributed by atoms with van der Waals surface area (Å²) in [5.74, 6) is -0.149. The average Bonchev–Trinajstić information content (AvgIpc) is 3.16. The van der Waals surface area contributed by atoms with Crippen molar-refractivity contribution in [2.45, 2.75) is 37.0 Å². The molecular weight excluding hydrogens is 406 g/mol. The van der Waals surface area contributed by atoms with Gasteiger partial charge in [0.05, 0.1) is 17.1 Å². The molecule has 1 aliphatic carbocycles. The largest absolute Gasteiger partial charge is 0.462 e. The van der Waals surface area contributed by atoms with Crippen molar-refractivity contribution in [3.63, 3.8) is 0 Å². The van der Waals surface area contributed by atoms with Gasteiger partial charge in [0.1, 0.15) is 0 Å². The number of carbonyl (C=O) groups excluding carboxylic acids is 1. The van der Waals surface area contributed by atoms with Crippen molar-refractivity contribution in [2.24, 2.45) is 5.92 Å². The minimum absolute atomic E-state index is 0.144. The molecule has 0 bridgehead atoms. The van der Waals surface area contributed by atoms with Crippen LogP contribution in [0.15, 0.2) is 39.7 Å². The van der Waals surface area contributed by atoms with E-state index in [1.165, 1.54) is 16.4 Å². The van der Waals surface area contributed by atoms with Gasteiger partial charge in [0.15, 0.2) is 0 Å². The van der Waals surface area contributed by atoms with Gasteiger partial charge in [-0.2, -0.15) is 4.31 Å². The number of carbonyl (C=O) groups is 1. The lowest BCUT2D eigenvalue weighted by Crippen LogP contribution is -2.28. The van der Waals surface area contributed by atoms with Crippen molar-refractivity contribution in [1.82, 2.24) is 4.31 Å². The maximum atomic E-state index is 12.7. The van der Waals surface area contributed by atoms with Crippen LogP contribution in [0.1, 0.15) is 42.5 Å². The van der Waals surface area contributed by atoms with E-state index in [0.29, 0.717) is 30.1 Å². The summed E-state index contributed by atoms with van der Waals surface area (Å²) >= 11 is 3.33. The number of nitrogens with zero attached hydrogens (tertiary/aromatic N) is 1. The summed E-state index contributed by atoms with van der Waals surface area (Å²) in [6.07, 6.45) is 8.94. The van der Waals surface area contributed by atoms with Gasteiger partial charge < -0.3 is 4.74 Å². The zero-order valence-corrected chi connectivity index (χ0v) is 16.4. The molecule has 1 atom stereocenters. The summed E-state index contributed by atoms with van der Waals surface area (Å²) in [5, 5.41) is 0. The number of hydrogen-bond acceptors (Lipinski definition) is 4. The third kappa shape index (κ3) is 4.33. The Balaban J connectivity index is 1.74. The van der Waals surface area contributed by atoms with Crippen LogP contribution < -0.4 is 0 Å². The monoisotopic (exact) mass is 427 g/mol. The highest BCUT2D eigenvalue weighted by Crippen LogP contribution is 2.26. The van der Waals surface area contributed by atoms with E-state index in [-0.39, 0.29) is 10.5 Å². The van der Waals surface area contributed by atoms with Gasteiger partial charge in [0.25, 0.3) is 0 Å². The zero-order valence-electron chi connectivity index (χ0n) is 14.0. The molecule has 0 radical (unpaired) electrons. The zero-order chi connectivity index (χ0) is 17.9. The third-order valence-electron chi connectivity index (χ3n) is 4.69. The number of allylic oxidation sites excluding steroid dienone is 2. The van der Waals surface area contributed by atoms with Gasteiger partial charge >= 0.3 is 5.97 Å². The quantitative estimate of drug-likeness (QED) is 0.530. The summed E-state index contributed by atoms with van der Waals surface area (Å²) in [7, 11) is -3.55. The molecule has 1 aliphatic heterocycles. The van der Waals surface area contributed by atoms with Crippen molar-refractivity contribution in [1.29, 1.82) is 0 Å². The van der Waals surface area contributed by atoms with E-state index < -0.39 is 16.0 Å². The first kappa shape index (κ1) is 18.6. The molecule has 0 amide bonds. The molecule has 5 nitrogen and oxygen atoms in total. The molecule has 3 rings (SSSR count). The normalized spacial score (nSPS) is 21.4. The number of ether oxygens (including phenoxy) is 1. The first-order valence-corrected chi connectivity index (χ1v) is 10.8. The van der Waals surface area contributed by atoms with Crippen molar-refractivity contribution >= 4 is 31.9 Å². The number of esters is 1. The fraction of sp³-hybridized carbons (Fsp3) is 0.500. The van der Waals surface area contributed by atoms with Crippen LogP contribution in [0.3, 0.4) is 0 Å².